The summed E-state index contributed by atoms with van der Waals surface area (Å²) in [6.45, 7) is 4.12. The van der Waals surface area contributed by atoms with Gasteiger partial charge in [-0.1, -0.05) is 145 Å². The predicted octanol–water partition coefficient (Wildman–Crippen LogP) is 12.9. The zero-order valence-corrected chi connectivity index (χ0v) is 37.4. The minimum absolute atomic E-state index is 0.00489. The molecule has 0 aromatic rings. The van der Waals surface area contributed by atoms with Crippen LogP contribution < -0.4 is 0 Å². The van der Waals surface area contributed by atoms with Gasteiger partial charge in [0.2, 0.25) is 0 Å². The van der Waals surface area contributed by atoms with Crippen LogP contribution in [0.4, 0.5) is 0 Å². The van der Waals surface area contributed by atoms with Gasteiger partial charge in [0.05, 0.1) is 13.2 Å². The smallest absolute Gasteiger partial charge is 0.462 e. The molecule has 2 unspecified atom stereocenters. The first kappa shape index (κ1) is 54.5. The average molecular weight is 820 g/mol. The van der Waals surface area contributed by atoms with Gasteiger partial charge in [0.15, 0.2) is 6.10 Å². The molecule has 0 saturated carbocycles. The van der Waals surface area contributed by atoms with Gasteiger partial charge in [-0.2, -0.15) is 0 Å². The fourth-order valence-electron chi connectivity index (χ4n) is 5.59. The number of carbonyl (C=O) groups excluding carboxylic acids is 2. The summed E-state index contributed by atoms with van der Waals surface area (Å²) in [5.41, 5.74) is 0. The van der Waals surface area contributed by atoms with Gasteiger partial charge >= 0.3 is 19.8 Å². The zero-order valence-electron chi connectivity index (χ0n) is 36.5. The van der Waals surface area contributed by atoms with Gasteiger partial charge in [-0.3, -0.25) is 18.6 Å². The molecule has 328 valence electrons. The standard InChI is InChI=1S/C47H82NO8P/c1-5-7-9-11-13-15-17-19-21-22-23-24-26-27-29-31-33-35-37-39-46(49)53-43-45(44-55-57(51,52)54-42-41-48(3)4)56-47(50)40-38-36-34-32-30-28-25-20-18-16-14-12-10-8-6-2/h8,10,13-16,19-21,25,30,32,45H,5-7,9,11-12,17-18,22-24,26-29,31,33-44H2,1-4H3,(H,51,52)/b10-8-,15-13-,16-14-,21-19-,25-20-,32-30-. The molecule has 0 amide bonds. The molecule has 2 atom stereocenters. The summed E-state index contributed by atoms with van der Waals surface area (Å²) >= 11 is 0. The van der Waals surface area contributed by atoms with Crippen molar-refractivity contribution >= 4 is 19.8 Å². The van der Waals surface area contributed by atoms with Crippen molar-refractivity contribution in [2.75, 3.05) is 40.5 Å². The number of allylic oxidation sites excluding steroid dienone is 12. The van der Waals surface area contributed by atoms with Gasteiger partial charge in [-0.15, -0.1) is 0 Å². The highest BCUT2D eigenvalue weighted by Gasteiger charge is 2.26. The lowest BCUT2D eigenvalue weighted by molar-refractivity contribution is -0.161. The molecular weight excluding hydrogens is 737 g/mol. The van der Waals surface area contributed by atoms with E-state index in [2.05, 4.69) is 86.8 Å². The van der Waals surface area contributed by atoms with E-state index in [1.54, 1.807) is 0 Å². The first-order chi connectivity index (χ1) is 27.7. The molecule has 0 spiro atoms. The van der Waals surface area contributed by atoms with Crippen molar-refractivity contribution in [2.24, 2.45) is 0 Å². The average Bonchev–Trinajstić information content (AvgIpc) is 3.18. The van der Waals surface area contributed by atoms with Gasteiger partial charge in [-0.25, -0.2) is 4.57 Å². The molecule has 0 aliphatic heterocycles. The third-order valence-electron chi connectivity index (χ3n) is 9.00. The first-order valence-electron chi connectivity index (χ1n) is 22.2. The number of ether oxygens (including phenoxy) is 2. The van der Waals surface area contributed by atoms with Crippen molar-refractivity contribution in [1.82, 2.24) is 4.90 Å². The lowest BCUT2D eigenvalue weighted by Crippen LogP contribution is -2.29. The third kappa shape index (κ3) is 42.9. The van der Waals surface area contributed by atoms with E-state index in [4.69, 9.17) is 18.5 Å². The number of phosphoric ester groups is 1. The molecular formula is C47H82NO8P. The van der Waals surface area contributed by atoms with Crippen molar-refractivity contribution in [2.45, 2.75) is 174 Å². The van der Waals surface area contributed by atoms with Crippen LogP contribution in [0.25, 0.3) is 0 Å². The van der Waals surface area contributed by atoms with Crippen LogP contribution in [0.1, 0.15) is 168 Å². The molecule has 0 saturated heterocycles. The van der Waals surface area contributed by atoms with E-state index in [-0.39, 0.29) is 32.0 Å². The second kappa shape index (κ2) is 41.6. The summed E-state index contributed by atoms with van der Waals surface area (Å²) in [4.78, 5) is 37.0. The summed E-state index contributed by atoms with van der Waals surface area (Å²) in [5, 5.41) is 0. The van der Waals surface area contributed by atoms with Gasteiger partial charge < -0.3 is 19.3 Å². The van der Waals surface area contributed by atoms with E-state index in [1.807, 2.05) is 19.0 Å². The zero-order chi connectivity index (χ0) is 41.9. The Balaban J connectivity index is 4.33. The third-order valence-corrected chi connectivity index (χ3v) is 9.98. The van der Waals surface area contributed by atoms with E-state index in [9.17, 15) is 19.0 Å². The van der Waals surface area contributed by atoms with Crippen LogP contribution >= 0.6 is 7.82 Å². The highest BCUT2D eigenvalue weighted by molar-refractivity contribution is 7.47. The molecule has 0 radical (unpaired) electrons. The lowest BCUT2D eigenvalue weighted by atomic mass is 10.1. The van der Waals surface area contributed by atoms with E-state index < -0.39 is 26.5 Å². The molecule has 0 aliphatic rings. The number of nitrogens with zero attached hydrogens (tertiary/aromatic N) is 1. The van der Waals surface area contributed by atoms with Gasteiger partial charge in [-0.05, 0) is 97.6 Å². The SMILES string of the molecule is CC/C=C\C/C=C\C/C=C\C/C=C\CCCCC(=O)OC(COC(=O)CCCCCCCCCCC/C=C\C/C=C\CCCCC)COP(=O)(O)OCCN(C)C. The number of likely N-dealkylation sites (N-methyl/N-ethyl adjacent to an activating group) is 1. The van der Waals surface area contributed by atoms with Crippen LogP contribution in [-0.4, -0.2) is 68.3 Å². The minimum Gasteiger partial charge on any atom is -0.462 e. The van der Waals surface area contributed by atoms with E-state index >= 15 is 0 Å². The Kier molecular flexibility index (Phi) is 39.7. The monoisotopic (exact) mass is 820 g/mol. The molecule has 9 nitrogen and oxygen atoms in total. The fraction of sp³-hybridized carbons (Fsp3) is 0.702. The van der Waals surface area contributed by atoms with Crippen LogP contribution in [0.2, 0.25) is 0 Å². The van der Waals surface area contributed by atoms with Crippen LogP contribution in [0, 0.1) is 0 Å². The highest BCUT2D eigenvalue weighted by atomic mass is 31.2. The van der Waals surface area contributed by atoms with Crippen LogP contribution in [0.15, 0.2) is 72.9 Å². The number of rotatable bonds is 40. The van der Waals surface area contributed by atoms with E-state index in [0.29, 0.717) is 13.0 Å². The predicted molar refractivity (Wildman–Crippen MR) is 238 cm³/mol. The number of phosphoric acid groups is 1. The van der Waals surface area contributed by atoms with Crippen molar-refractivity contribution < 1.29 is 37.6 Å². The summed E-state index contributed by atoms with van der Waals surface area (Å²) < 4.78 is 33.4. The number of hydrogen-bond acceptors (Lipinski definition) is 8. The summed E-state index contributed by atoms with van der Waals surface area (Å²) in [6.07, 6.45) is 49.5. The van der Waals surface area contributed by atoms with Crippen molar-refractivity contribution in [1.29, 1.82) is 0 Å². The molecule has 0 aliphatic carbocycles. The second-order valence-electron chi connectivity index (χ2n) is 14.8. The maximum atomic E-state index is 12.6. The Labute approximate surface area is 348 Å². The number of hydrogen-bond donors (Lipinski definition) is 1. The topological polar surface area (TPSA) is 112 Å². The minimum atomic E-state index is -4.38. The summed E-state index contributed by atoms with van der Waals surface area (Å²) in [5.74, 6) is -0.861. The Bertz CT molecular complexity index is 1180. The maximum absolute atomic E-state index is 12.6. The highest BCUT2D eigenvalue weighted by Crippen LogP contribution is 2.43. The Morgan fingerprint density at radius 2 is 1.00 bits per heavy atom. The molecule has 0 aromatic heterocycles. The molecule has 0 aromatic carbocycles. The molecule has 0 fully saturated rings. The molecule has 0 bridgehead atoms. The van der Waals surface area contributed by atoms with E-state index in [0.717, 1.165) is 77.0 Å². The Morgan fingerprint density at radius 1 is 0.561 bits per heavy atom. The molecule has 57 heavy (non-hydrogen) atoms. The summed E-state index contributed by atoms with van der Waals surface area (Å²) in [7, 11) is -0.744. The maximum Gasteiger partial charge on any atom is 0.472 e. The molecule has 10 heteroatoms. The number of carbonyl (C=O) groups is 2. The lowest BCUT2D eigenvalue weighted by Gasteiger charge is -2.20. The van der Waals surface area contributed by atoms with Crippen molar-refractivity contribution in [3.63, 3.8) is 0 Å². The van der Waals surface area contributed by atoms with E-state index in [1.165, 1.54) is 57.8 Å². The molecule has 0 heterocycles. The molecule has 1 N–H and O–H groups in total. The Hall–Kier alpha value is -2.55. The van der Waals surface area contributed by atoms with Crippen molar-refractivity contribution in [3.8, 4) is 0 Å². The first-order valence-corrected chi connectivity index (χ1v) is 23.7. The van der Waals surface area contributed by atoms with Crippen LogP contribution in [0.3, 0.4) is 0 Å². The quantitative estimate of drug-likeness (QED) is 0.0279. The number of unbranched alkanes of at least 4 members (excludes halogenated alkanes) is 14. The normalized spacial score (nSPS) is 14.1. The fourth-order valence-corrected chi connectivity index (χ4v) is 6.33. The van der Waals surface area contributed by atoms with Crippen LogP contribution in [-0.2, 0) is 32.7 Å². The second-order valence-corrected chi connectivity index (χ2v) is 16.3. The summed E-state index contributed by atoms with van der Waals surface area (Å²) in [6, 6.07) is 0. The van der Waals surface area contributed by atoms with Gasteiger partial charge in [0, 0.05) is 19.4 Å². The molecule has 0 rings (SSSR count). The Morgan fingerprint density at radius 3 is 1.53 bits per heavy atom. The van der Waals surface area contributed by atoms with Gasteiger partial charge in [0.25, 0.3) is 0 Å². The van der Waals surface area contributed by atoms with Crippen molar-refractivity contribution in [3.05, 3.63) is 72.9 Å². The number of esters is 2. The van der Waals surface area contributed by atoms with Gasteiger partial charge in [0.1, 0.15) is 6.61 Å². The van der Waals surface area contributed by atoms with Crippen LogP contribution in [0.5, 0.6) is 0 Å². The largest absolute Gasteiger partial charge is 0.472 e.